The Labute approximate surface area is 172 Å². The maximum atomic E-state index is 13.0. The Bertz CT molecular complexity index is 947. The third-order valence-electron chi connectivity index (χ3n) is 4.11. The molecule has 0 saturated heterocycles. The van der Waals surface area contributed by atoms with Crippen LogP contribution in [0.3, 0.4) is 0 Å². The Morgan fingerprint density at radius 3 is 2.46 bits per heavy atom. The first-order chi connectivity index (χ1) is 13.0. The SMILES string of the molecule is CC1=C(C(=O)OC(C)(C)C)C(c2ccc(Cl)cc2Cl)N2C=CN(C(=O)O)C2=N1. The molecule has 2 aliphatic rings. The van der Waals surface area contributed by atoms with E-state index in [1.54, 1.807) is 57.0 Å². The van der Waals surface area contributed by atoms with Gasteiger partial charge in [0.25, 0.3) is 0 Å². The van der Waals surface area contributed by atoms with Gasteiger partial charge in [0.1, 0.15) is 5.60 Å². The van der Waals surface area contributed by atoms with E-state index in [2.05, 4.69) is 4.99 Å². The lowest BCUT2D eigenvalue weighted by atomic mass is 9.94. The summed E-state index contributed by atoms with van der Waals surface area (Å²) in [6.07, 6.45) is 1.72. The second-order valence-corrected chi connectivity index (χ2v) is 8.18. The van der Waals surface area contributed by atoms with Crippen LogP contribution in [-0.2, 0) is 9.53 Å². The maximum Gasteiger partial charge on any atom is 0.418 e. The molecule has 1 N–H and O–H groups in total. The van der Waals surface area contributed by atoms with Gasteiger partial charge in [-0.25, -0.2) is 19.5 Å². The largest absolute Gasteiger partial charge is 0.464 e. The van der Waals surface area contributed by atoms with E-state index in [9.17, 15) is 14.7 Å². The van der Waals surface area contributed by atoms with E-state index in [0.717, 1.165) is 4.90 Å². The number of amides is 1. The number of hydrogen-bond acceptors (Lipinski definition) is 5. The van der Waals surface area contributed by atoms with Crippen LogP contribution in [0.2, 0.25) is 10.0 Å². The van der Waals surface area contributed by atoms with Crippen molar-refractivity contribution in [2.75, 3.05) is 0 Å². The molecule has 0 spiro atoms. The van der Waals surface area contributed by atoms with Gasteiger partial charge < -0.3 is 14.7 Å². The summed E-state index contributed by atoms with van der Waals surface area (Å²) >= 11 is 12.4. The van der Waals surface area contributed by atoms with E-state index >= 15 is 0 Å². The number of allylic oxidation sites excluding steroid dienone is 1. The van der Waals surface area contributed by atoms with Gasteiger partial charge in [-0.15, -0.1) is 0 Å². The molecule has 0 aromatic heterocycles. The third kappa shape index (κ3) is 3.72. The van der Waals surface area contributed by atoms with Gasteiger partial charge in [0.05, 0.1) is 17.3 Å². The zero-order valence-electron chi connectivity index (χ0n) is 15.7. The Hall–Kier alpha value is -2.51. The van der Waals surface area contributed by atoms with Crippen molar-refractivity contribution in [2.24, 2.45) is 4.99 Å². The third-order valence-corrected chi connectivity index (χ3v) is 4.68. The predicted octanol–water partition coefficient (Wildman–Crippen LogP) is 4.79. The van der Waals surface area contributed by atoms with E-state index in [-0.39, 0.29) is 11.5 Å². The van der Waals surface area contributed by atoms with Crippen molar-refractivity contribution in [3.8, 4) is 0 Å². The minimum atomic E-state index is -1.19. The van der Waals surface area contributed by atoms with Gasteiger partial charge in [0, 0.05) is 22.4 Å². The van der Waals surface area contributed by atoms with Crippen LogP contribution >= 0.6 is 23.2 Å². The number of nitrogens with zero attached hydrogens (tertiary/aromatic N) is 3. The Kier molecular flexibility index (Phi) is 5.16. The predicted molar refractivity (Wildman–Crippen MR) is 106 cm³/mol. The Morgan fingerprint density at radius 2 is 1.89 bits per heavy atom. The lowest BCUT2D eigenvalue weighted by Crippen LogP contribution is -2.43. The molecule has 1 unspecified atom stereocenters. The lowest BCUT2D eigenvalue weighted by molar-refractivity contribution is -0.150. The Morgan fingerprint density at radius 1 is 1.21 bits per heavy atom. The molecule has 1 atom stereocenters. The quantitative estimate of drug-likeness (QED) is 0.691. The summed E-state index contributed by atoms with van der Waals surface area (Å²) in [4.78, 5) is 31.4. The molecule has 3 rings (SSSR count). The molecule has 0 saturated carbocycles. The molecule has 9 heteroatoms. The number of ether oxygens (including phenoxy) is 1. The van der Waals surface area contributed by atoms with Gasteiger partial charge in [-0.3, -0.25) is 0 Å². The molecule has 1 aromatic carbocycles. The molecule has 0 fully saturated rings. The standard InChI is InChI=1S/C19H19Cl2N3O4/c1-10-14(16(25)28-19(2,3)4)15(12-6-5-11(20)9-13(12)21)23-7-8-24(18(26)27)17(23)22-10/h5-9,15H,1-4H3,(H,26,27). The van der Waals surface area contributed by atoms with Gasteiger partial charge in [-0.2, -0.15) is 0 Å². The van der Waals surface area contributed by atoms with Gasteiger partial charge >= 0.3 is 12.1 Å². The first-order valence-corrected chi connectivity index (χ1v) is 9.22. The summed E-state index contributed by atoms with van der Waals surface area (Å²) in [5.74, 6) is -0.390. The second kappa shape index (κ2) is 7.14. The number of benzene rings is 1. The van der Waals surface area contributed by atoms with Gasteiger partial charge in [0.15, 0.2) is 0 Å². The molecule has 7 nitrogen and oxygen atoms in total. The topological polar surface area (TPSA) is 82.4 Å². The van der Waals surface area contributed by atoms with Crippen molar-refractivity contribution in [2.45, 2.75) is 39.3 Å². The first kappa shape index (κ1) is 20.2. The number of carbonyl (C=O) groups is 2. The summed E-state index contributed by atoms with van der Waals surface area (Å²) in [7, 11) is 0. The first-order valence-electron chi connectivity index (χ1n) is 8.46. The highest BCUT2D eigenvalue weighted by molar-refractivity contribution is 6.35. The second-order valence-electron chi connectivity index (χ2n) is 7.34. The van der Waals surface area contributed by atoms with Crippen molar-refractivity contribution in [1.29, 1.82) is 0 Å². The minimum absolute atomic E-state index is 0.160. The van der Waals surface area contributed by atoms with Crippen molar-refractivity contribution < 1.29 is 19.4 Å². The van der Waals surface area contributed by atoms with E-state index in [0.29, 0.717) is 21.3 Å². The number of guanidine groups is 1. The van der Waals surface area contributed by atoms with E-state index in [1.165, 1.54) is 6.20 Å². The molecule has 1 amide bonds. The van der Waals surface area contributed by atoms with Crippen LogP contribution in [0.5, 0.6) is 0 Å². The van der Waals surface area contributed by atoms with Crippen molar-refractivity contribution in [3.63, 3.8) is 0 Å². The summed E-state index contributed by atoms with van der Waals surface area (Å²) in [5, 5.41) is 10.2. The van der Waals surface area contributed by atoms with Crippen molar-refractivity contribution in [1.82, 2.24) is 9.80 Å². The number of carboxylic acid groups (broad SMARTS) is 1. The lowest BCUT2D eigenvalue weighted by Gasteiger charge is -2.35. The molecular weight excluding hydrogens is 405 g/mol. The summed E-state index contributed by atoms with van der Waals surface area (Å²) < 4.78 is 5.57. The van der Waals surface area contributed by atoms with Crippen molar-refractivity contribution in [3.05, 3.63) is 57.5 Å². The molecule has 0 radical (unpaired) electrons. The smallest absolute Gasteiger partial charge is 0.418 e. The average molecular weight is 424 g/mol. The summed E-state index contributed by atoms with van der Waals surface area (Å²) in [6, 6.07) is 4.21. The molecule has 2 heterocycles. The van der Waals surface area contributed by atoms with Gasteiger partial charge in [-0.05, 0) is 45.4 Å². The van der Waals surface area contributed by atoms with Crippen LogP contribution in [0.15, 0.2) is 46.9 Å². The fourth-order valence-corrected chi connectivity index (χ4v) is 3.54. The molecular formula is C19H19Cl2N3O4. The van der Waals surface area contributed by atoms with Gasteiger partial charge in [0.2, 0.25) is 5.96 Å². The molecule has 0 bridgehead atoms. The normalized spacial score (nSPS) is 18.9. The van der Waals surface area contributed by atoms with Gasteiger partial charge in [-0.1, -0.05) is 29.3 Å². The molecule has 1 aromatic rings. The van der Waals surface area contributed by atoms with Crippen LogP contribution in [0.25, 0.3) is 0 Å². The Balaban J connectivity index is 2.17. The van der Waals surface area contributed by atoms with Crippen LogP contribution < -0.4 is 0 Å². The van der Waals surface area contributed by atoms with E-state index in [4.69, 9.17) is 27.9 Å². The fraction of sp³-hybridized carbons (Fsp3) is 0.316. The zero-order valence-corrected chi connectivity index (χ0v) is 17.2. The number of hydrogen-bond donors (Lipinski definition) is 1. The van der Waals surface area contributed by atoms with Crippen LogP contribution in [0.4, 0.5) is 4.79 Å². The summed E-state index contributed by atoms with van der Waals surface area (Å²) in [5.41, 5.74) is 0.498. The number of aliphatic imine (C=N–C) groups is 1. The van der Waals surface area contributed by atoms with Crippen LogP contribution in [0.1, 0.15) is 39.3 Å². The minimum Gasteiger partial charge on any atom is -0.464 e. The molecule has 0 aliphatic carbocycles. The van der Waals surface area contributed by atoms with Crippen molar-refractivity contribution >= 4 is 41.2 Å². The summed E-state index contributed by atoms with van der Waals surface area (Å²) in [6.45, 7) is 6.94. The number of carbonyl (C=O) groups excluding carboxylic acids is 1. The average Bonchev–Trinajstić information content (AvgIpc) is 2.95. The van der Waals surface area contributed by atoms with Crippen LogP contribution in [-0.4, -0.2) is 38.5 Å². The number of esters is 1. The monoisotopic (exact) mass is 423 g/mol. The number of halogens is 2. The zero-order chi connectivity index (χ0) is 20.8. The highest BCUT2D eigenvalue weighted by Crippen LogP contribution is 2.42. The van der Waals surface area contributed by atoms with E-state index in [1.807, 2.05) is 0 Å². The molecule has 148 valence electrons. The van der Waals surface area contributed by atoms with Crippen LogP contribution in [0, 0.1) is 0 Å². The molecule has 2 aliphatic heterocycles. The fourth-order valence-electron chi connectivity index (χ4n) is 3.03. The van der Waals surface area contributed by atoms with E-state index < -0.39 is 23.7 Å². The highest BCUT2D eigenvalue weighted by Gasteiger charge is 2.42. The maximum absolute atomic E-state index is 13.0. The number of fused-ring (bicyclic) bond motifs is 1. The molecule has 28 heavy (non-hydrogen) atoms. The number of rotatable bonds is 2. The highest BCUT2D eigenvalue weighted by atomic mass is 35.5.